The highest BCUT2D eigenvalue weighted by molar-refractivity contribution is 7.89. The number of halogens is 2. The molecule has 2 aromatic rings. The summed E-state index contributed by atoms with van der Waals surface area (Å²) in [5, 5.41) is 7.29. The summed E-state index contributed by atoms with van der Waals surface area (Å²) in [7, 11) is -4.15. The Labute approximate surface area is 166 Å². The molecule has 2 rings (SSSR count). The number of carbonyl (C=O) groups excluding carboxylic acids is 2. The van der Waals surface area contributed by atoms with E-state index < -0.39 is 33.4 Å². The molecular weight excluding hydrogens is 415 g/mol. The summed E-state index contributed by atoms with van der Waals surface area (Å²) in [6.45, 7) is -0.172. The fourth-order valence-corrected chi connectivity index (χ4v) is 3.55. The maximum absolute atomic E-state index is 12.1. The fourth-order valence-electron chi connectivity index (χ4n) is 2.15. The first-order valence-electron chi connectivity index (χ1n) is 7.68. The molecule has 10 heteroatoms. The molecule has 0 radical (unpaired) electrons. The zero-order valence-electron chi connectivity index (χ0n) is 13.9. The molecule has 1 amide bonds. The monoisotopic (exact) mass is 430 g/mol. The Hall–Kier alpha value is -2.13. The van der Waals surface area contributed by atoms with Crippen molar-refractivity contribution in [2.24, 2.45) is 5.14 Å². The summed E-state index contributed by atoms with van der Waals surface area (Å²) in [5.74, 6) is -1.48. The van der Waals surface area contributed by atoms with Crippen LogP contribution in [0.25, 0.3) is 0 Å². The zero-order chi connectivity index (χ0) is 20.0. The molecule has 0 spiro atoms. The summed E-state index contributed by atoms with van der Waals surface area (Å²) >= 11 is 11.7. The summed E-state index contributed by atoms with van der Waals surface area (Å²) in [5.41, 5.74) is 0.792. The van der Waals surface area contributed by atoms with Crippen molar-refractivity contribution in [1.82, 2.24) is 5.32 Å². The lowest BCUT2D eigenvalue weighted by Gasteiger charge is -2.09. The number of ether oxygens (including phenoxy) is 1. The minimum absolute atomic E-state index is 0.123. The highest BCUT2D eigenvalue weighted by Crippen LogP contribution is 2.28. The molecule has 0 atom stereocenters. The van der Waals surface area contributed by atoms with E-state index in [4.69, 9.17) is 33.1 Å². The average molecular weight is 431 g/mol. The number of benzene rings is 2. The number of amides is 1. The molecule has 0 saturated heterocycles. The van der Waals surface area contributed by atoms with E-state index in [-0.39, 0.29) is 15.6 Å². The molecule has 0 aromatic heterocycles. The SMILES string of the molecule is NS(=O)(=O)c1cc(C(=O)OCC(=O)NCCc2ccccc2)c(Cl)cc1Cl. The molecule has 0 saturated carbocycles. The van der Waals surface area contributed by atoms with Crippen LogP contribution in [-0.2, 0) is 26.0 Å². The second-order valence-corrected chi connectivity index (χ2v) is 7.81. The van der Waals surface area contributed by atoms with Gasteiger partial charge < -0.3 is 10.1 Å². The van der Waals surface area contributed by atoms with Gasteiger partial charge in [-0.05, 0) is 24.1 Å². The van der Waals surface area contributed by atoms with Crippen LogP contribution in [0.15, 0.2) is 47.4 Å². The summed E-state index contributed by atoms with van der Waals surface area (Å²) in [6.07, 6.45) is 0.626. The number of hydrogen-bond acceptors (Lipinski definition) is 5. The highest BCUT2D eigenvalue weighted by Gasteiger charge is 2.21. The quantitative estimate of drug-likeness (QED) is 0.652. The lowest BCUT2D eigenvalue weighted by Crippen LogP contribution is -2.30. The molecule has 0 bridgehead atoms. The van der Waals surface area contributed by atoms with Crippen LogP contribution in [0, 0.1) is 0 Å². The second-order valence-electron chi connectivity index (χ2n) is 5.47. The van der Waals surface area contributed by atoms with Crippen LogP contribution in [0.5, 0.6) is 0 Å². The molecule has 0 fully saturated rings. The van der Waals surface area contributed by atoms with Crippen LogP contribution in [0.4, 0.5) is 0 Å². The number of sulfonamides is 1. The maximum Gasteiger partial charge on any atom is 0.340 e. The van der Waals surface area contributed by atoms with Gasteiger partial charge in [-0.25, -0.2) is 18.4 Å². The highest BCUT2D eigenvalue weighted by atomic mass is 35.5. The number of hydrogen-bond donors (Lipinski definition) is 2. The summed E-state index contributed by atoms with van der Waals surface area (Å²) in [6, 6.07) is 11.5. The second kappa shape index (κ2) is 9.18. The van der Waals surface area contributed by atoms with Crippen LogP contribution < -0.4 is 10.5 Å². The Bertz CT molecular complexity index is 949. The van der Waals surface area contributed by atoms with Crippen molar-refractivity contribution in [3.63, 3.8) is 0 Å². The van der Waals surface area contributed by atoms with Gasteiger partial charge in [-0.1, -0.05) is 53.5 Å². The van der Waals surface area contributed by atoms with Crippen molar-refractivity contribution in [2.45, 2.75) is 11.3 Å². The van der Waals surface area contributed by atoms with E-state index in [2.05, 4.69) is 5.32 Å². The van der Waals surface area contributed by atoms with Crippen molar-refractivity contribution in [2.75, 3.05) is 13.2 Å². The van der Waals surface area contributed by atoms with Crippen LogP contribution in [0.3, 0.4) is 0 Å². The first-order chi connectivity index (χ1) is 12.7. The fraction of sp³-hybridized carbons (Fsp3) is 0.176. The molecule has 144 valence electrons. The van der Waals surface area contributed by atoms with Crippen molar-refractivity contribution < 1.29 is 22.7 Å². The van der Waals surface area contributed by atoms with Gasteiger partial charge in [-0.15, -0.1) is 0 Å². The lowest BCUT2D eigenvalue weighted by molar-refractivity contribution is -0.124. The number of rotatable bonds is 7. The molecule has 0 heterocycles. The van der Waals surface area contributed by atoms with Gasteiger partial charge in [-0.2, -0.15) is 0 Å². The Kier molecular flexibility index (Phi) is 7.20. The zero-order valence-corrected chi connectivity index (χ0v) is 16.3. The Balaban J connectivity index is 1.92. The van der Waals surface area contributed by atoms with Crippen LogP contribution in [-0.4, -0.2) is 33.4 Å². The van der Waals surface area contributed by atoms with E-state index in [0.717, 1.165) is 17.7 Å². The van der Waals surface area contributed by atoms with Crippen molar-refractivity contribution >= 4 is 45.1 Å². The topological polar surface area (TPSA) is 116 Å². The number of nitrogens with two attached hydrogens (primary N) is 1. The van der Waals surface area contributed by atoms with E-state index in [1.165, 1.54) is 0 Å². The third-order valence-electron chi connectivity index (χ3n) is 3.46. The van der Waals surface area contributed by atoms with E-state index >= 15 is 0 Å². The van der Waals surface area contributed by atoms with Gasteiger partial charge in [0.15, 0.2) is 6.61 Å². The summed E-state index contributed by atoms with van der Waals surface area (Å²) < 4.78 is 27.8. The summed E-state index contributed by atoms with van der Waals surface area (Å²) in [4.78, 5) is 23.4. The van der Waals surface area contributed by atoms with Crippen LogP contribution in [0.1, 0.15) is 15.9 Å². The Morgan fingerprint density at radius 3 is 2.37 bits per heavy atom. The molecule has 0 aliphatic heterocycles. The molecule has 0 aliphatic rings. The number of esters is 1. The van der Waals surface area contributed by atoms with Gasteiger partial charge in [-0.3, -0.25) is 4.79 Å². The largest absolute Gasteiger partial charge is 0.452 e. The number of nitrogens with one attached hydrogen (secondary N) is 1. The number of primary sulfonamides is 1. The predicted octanol–water partition coefficient (Wildman–Crippen LogP) is 2.16. The minimum atomic E-state index is -4.15. The molecule has 7 nitrogen and oxygen atoms in total. The van der Waals surface area contributed by atoms with Gasteiger partial charge in [0, 0.05) is 6.54 Å². The van der Waals surface area contributed by atoms with Gasteiger partial charge >= 0.3 is 5.97 Å². The molecular formula is C17H16Cl2N2O5S. The van der Waals surface area contributed by atoms with Gasteiger partial charge in [0.05, 0.1) is 15.6 Å². The Morgan fingerprint density at radius 2 is 1.74 bits per heavy atom. The minimum Gasteiger partial charge on any atom is -0.452 e. The predicted molar refractivity (Wildman–Crippen MR) is 101 cm³/mol. The van der Waals surface area contributed by atoms with Crippen LogP contribution in [0.2, 0.25) is 10.0 Å². The number of carbonyl (C=O) groups is 2. The molecule has 27 heavy (non-hydrogen) atoms. The first-order valence-corrected chi connectivity index (χ1v) is 9.98. The van der Waals surface area contributed by atoms with Crippen molar-refractivity contribution in [1.29, 1.82) is 0 Å². The first kappa shape index (κ1) is 21.2. The van der Waals surface area contributed by atoms with E-state index in [1.54, 1.807) is 0 Å². The molecule has 3 N–H and O–H groups in total. The molecule has 2 aromatic carbocycles. The van der Waals surface area contributed by atoms with Crippen LogP contribution >= 0.6 is 23.2 Å². The van der Waals surface area contributed by atoms with Gasteiger partial charge in [0.1, 0.15) is 4.90 Å². The lowest BCUT2D eigenvalue weighted by atomic mass is 10.1. The molecule has 0 unspecified atom stereocenters. The van der Waals surface area contributed by atoms with Crippen molar-refractivity contribution in [3.05, 3.63) is 63.6 Å². The maximum atomic E-state index is 12.1. The van der Waals surface area contributed by atoms with Gasteiger partial charge in [0.2, 0.25) is 10.0 Å². The average Bonchev–Trinajstić information content (AvgIpc) is 2.59. The van der Waals surface area contributed by atoms with E-state index in [1.807, 2.05) is 30.3 Å². The van der Waals surface area contributed by atoms with E-state index in [0.29, 0.717) is 13.0 Å². The normalized spacial score (nSPS) is 11.1. The molecule has 0 aliphatic carbocycles. The van der Waals surface area contributed by atoms with E-state index in [9.17, 15) is 18.0 Å². The standard InChI is InChI=1S/C17H16Cl2N2O5S/c18-13-9-14(19)15(27(20,24)25)8-12(13)17(23)26-10-16(22)21-7-6-11-4-2-1-3-5-11/h1-5,8-9H,6-7,10H2,(H,21,22)(H2,20,24,25). The smallest absolute Gasteiger partial charge is 0.340 e. The third-order valence-corrected chi connectivity index (χ3v) is 5.15. The third kappa shape index (κ3) is 6.21. The van der Waals surface area contributed by atoms with Crippen molar-refractivity contribution in [3.8, 4) is 0 Å². The Morgan fingerprint density at radius 1 is 1.07 bits per heavy atom. The van der Waals surface area contributed by atoms with Gasteiger partial charge in [0.25, 0.3) is 5.91 Å².